The Morgan fingerprint density at radius 2 is 2.00 bits per heavy atom. The molecule has 1 unspecified atom stereocenters. The van der Waals surface area contributed by atoms with Crippen LogP contribution in [0.25, 0.3) is 0 Å². The first-order chi connectivity index (χ1) is 11.6. The van der Waals surface area contributed by atoms with Crippen LogP contribution in [0, 0.1) is 6.92 Å². The Hall–Kier alpha value is -1.89. The third kappa shape index (κ3) is 2.33. The Balaban J connectivity index is 1.81. The maximum absolute atomic E-state index is 12.6. The molecule has 0 saturated heterocycles. The molecule has 122 valence electrons. The molecule has 0 aromatic heterocycles. The largest absolute Gasteiger partial charge is 0.488 e. The number of anilines is 1. The standard InChI is InChI=1S/C19H16INO3/c1-11-7-13-8-14(9-20)24-18(13)15-16(11)21(19(23)17(15)22)10-12-5-3-2-4-6-12/h2-7,14H,8-10H2,1H3. The van der Waals surface area contributed by atoms with Gasteiger partial charge in [0.2, 0.25) is 0 Å². The molecular weight excluding hydrogens is 417 g/mol. The van der Waals surface area contributed by atoms with Crippen LogP contribution >= 0.6 is 22.6 Å². The second kappa shape index (κ2) is 5.88. The number of ether oxygens (including phenoxy) is 1. The van der Waals surface area contributed by atoms with Crippen molar-refractivity contribution in [3.8, 4) is 5.75 Å². The number of hydrogen-bond acceptors (Lipinski definition) is 3. The number of carbonyl (C=O) groups excluding carboxylic acids is 2. The van der Waals surface area contributed by atoms with Crippen LogP contribution in [0.4, 0.5) is 5.69 Å². The minimum absolute atomic E-state index is 0.0811. The molecule has 0 spiro atoms. The Morgan fingerprint density at radius 3 is 2.71 bits per heavy atom. The average Bonchev–Trinajstić information content (AvgIpc) is 3.10. The van der Waals surface area contributed by atoms with Crippen molar-refractivity contribution in [3.05, 3.63) is 58.7 Å². The van der Waals surface area contributed by atoms with Crippen LogP contribution in [0.3, 0.4) is 0 Å². The molecule has 0 bridgehead atoms. The van der Waals surface area contributed by atoms with Crippen molar-refractivity contribution in [2.75, 3.05) is 9.33 Å². The lowest BCUT2D eigenvalue weighted by atomic mass is 10.00. The molecule has 24 heavy (non-hydrogen) atoms. The zero-order valence-electron chi connectivity index (χ0n) is 13.2. The second-order valence-corrected chi connectivity index (χ2v) is 7.09. The number of aryl methyl sites for hydroxylation is 1. The first-order valence-electron chi connectivity index (χ1n) is 7.89. The first kappa shape index (κ1) is 15.6. The number of nitrogens with zero attached hydrogens (tertiary/aromatic N) is 1. The van der Waals surface area contributed by atoms with Crippen molar-refractivity contribution in [2.24, 2.45) is 0 Å². The van der Waals surface area contributed by atoms with E-state index < -0.39 is 11.7 Å². The minimum Gasteiger partial charge on any atom is -0.488 e. The number of hydrogen-bond donors (Lipinski definition) is 0. The van der Waals surface area contributed by atoms with Gasteiger partial charge in [0.25, 0.3) is 11.7 Å². The van der Waals surface area contributed by atoms with Gasteiger partial charge in [0.1, 0.15) is 11.9 Å². The van der Waals surface area contributed by atoms with Gasteiger partial charge in [-0.05, 0) is 23.6 Å². The van der Waals surface area contributed by atoms with Gasteiger partial charge in [-0.2, -0.15) is 0 Å². The van der Waals surface area contributed by atoms with E-state index in [0.29, 0.717) is 23.5 Å². The summed E-state index contributed by atoms with van der Waals surface area (Å²) in [7, 11) is 0. The SMILES string of the molecule is Cc1cc2c(c3c1N(Cc1ccccc1)C(=O)C3=O)OC(CI)C2. The summed E-state index contributed by atoms with van der Waals surface area (Å²) < 4.78 is 6.82. The van der Waals surface area contributed by atoms with Crippen LogP contribution in [0.15, 0.2) is 36.4 Å². The highest BCUT2D eigenvalue weighted by Crippen LogP contribution is 2.45. The third-order valence-electron chi connectivity index (χ3n) is 4.54. The van der Waals surface area contributed by atoms with Gasteiger partial charge in [0, 0.05) is 10.8 Å². The number of carbonyl (C=O) groups is 2. The molecular formula is C19H16INO3. The quantitative estimate of drug-likeness (QED) is 0.423. The fourth-order valence-corrected chi connectivity index (χ4v) is 3.98. The van der Waals surface area contributed by atoms with Gasteiger partial charge in [-0.25, -0.2) is 0 Å². The van der Waals surface area contributed by atoms with E-state index >= 15 is 0 Å². The zero-order valence-corrected chi connectivity index (χ0v) is 15.4. The predicted octanol–water partition coefficient (Wildman–Crippen LogP) is 3.46. The minimum atomic E-state index is -0.466. The number of ketones is 1. The van der Waals surface area contributed by atoms with Crippen molar-refractivity contribution in [1.82, 2.24) is 0 Å². The summed E-state index contributed by atoms with van der Waals surface area (Å²) in [5.41, 5.74) is 4.16. The monoisotopic (exact) mass is 433 g/mol. The van der Waals surface area contributed by atoms with E-state index in [1.54, 1.807) is 4.90 Å². The fourth-order valence-electron chi connectivity index (χ4n) is 3.49. The number of fused-ring (bicyclic) bond motifs is 3. The Labute approximate surface area is 153 Å². The Bertz CT molecular complexity index is 847. The predicted molar refractivity (Wildman–Crippen MR) is 100 cm³/mol. The summed E-state index contributed by atoms with van der Waals surface area (Å²) in [5.74, 6) is -0.298. The van der Waals surface area contributed by atoms with Crippen molar-refractivity contribution < 1.29 is 14.3 Å². The van der Waals surface area contributed by atoms with Gasteiger partial charge < -0.3 is 4.74 Å². The maximum Gasteiger partial charge on any atom is 0.299 e. The van der Waals surface area contributed by atoms with Gasteiger partial charge in [-0.15, -0.1) is 0 Å². The maximum atomic E-state index is 12.6. The van der Waals surface area contributed by atoms with E-state index in [0.717, 1.165) is 27.5 Å². The van der Waals surface area contributed by atoms with Crippen LogP contribution in [0.1, 0.15) is 27.0 Å². The summed E-state index contributed by atoms with van der Waals surface area (Å²) in [6.07, 6.45) is 0.879. The highest BCUT2D eigenvalue weighted by Gasteiger charge is 2.42. The van der Waals surface area contributed by atoms with E-state index in [2.05, 4.69) is 28.7 Å². The molecule has 1 amide bonds. The van der Waals surface area contributed by atoms with Crippen molar-refractivity contribution >= 4 is 40.0 Å². The van der Waals surface area contributed by atoms with Crippen LogP contribution in [0.2, 0.25) is 0 Å². The lowest BCUT2D eigenvalue weighted by molar-refractivity contribution is -0.114. The molecule has 4 rings (SSSR count). The molecule has 2 aromatic carbocycles. The van der Waals surface area contributed by atoms with Crippen LogP contribution < -0.4 is 9.64 Å². The van der Waals surface area contributed by atoms with Gasteiger partial charge in [0.15, 0.2) is 0 Å². The topological polar surface area (TPSA) is 46.6 Å². The summed E-state index contributed by atoms with van der Waals surface area (Å²) in [5, 5.41) is 0. The lowest BCUT2D eigenvalue weighted by Gasteiger charge is -2.19. The van der Waals surface area contributed by atoms with E-state index in [-0.39, 0.29) is 6.10 Å². The smallest absolute Gasteiger partial charge is 0.299 e. The molecule has 4 nitrogen and oxygen atoms in total. The second-order valence-electron chi connectivity index (χ2n) is 6.21. The van der Waals surface area contributed by atoms with Gasteiger partial charge in [0.05, 0.1) is 17.8 Å². The molecule has 0 N–H and O–H groups in total. The summed E-state index contributed by atoms with van der Waals surface area (Å²) >= 11 is 2.29. The van der Waals surface area contributed by atoms with E-state index in [4.69, 9.17) is 4.74 Å². The van der Waals surface area contributed by atoms with Crippen molar-refractivity contribution in [2.45, 2.75) is 26.0 Å². The van der Waals surface area contributed by atoms with Crippen molar-refractivity contribution in [3.63, 3.8) is 0 Å². The van der Waals surface area contributed by atoms with Gasteiger partial charge in [-0.3, -0.25) is 14.5 Å². The number of alkyl halides is 1. The summed E-state index contributed by atoms with van der Waals surface area (Å²) in [4.78, 5) is 26.8. The molecule has 0 aliphatic carbocycles. The van der Waals surface area contributed by atoms with E-state index in [1.807, 2.05) is 37.3 Å². The molecule has 0 fully saturated rings. The molecule has 0 radical (unpaired) electrons. The molecule has 2 aromatic rings. The van der Waals surface area contributed by atoms with E-state index in [1.165, 1.54) is 0 Å². The van der Waals surface area contributed by atoms with Crippen LogP contribution in [-0.4, -0.2) is 22.2 Å². The Kier molecular flexibility index (Phi) is 3.83. The zero-order chi connectivity index (χ0) is 16.8. The van der Waals surface area contributed by atoms with Crippen molar-refractivity contribution in [1.29, 1.82) is 0 Å². The fraction of sp³-hybridized carbons (Fsp3) is 0.263. The summed E-state index contributed by atoms with van der Waals surface area (Å²) in [6.45, 7) is 2.36. The number of amides is 1. The molecule has 0 saturated carbocycles. The molecule has 1 atom stereocenters. The average molecular weight is 433 g/mol. The molecule has 2 aliphatic rings. The van der Waals surface area contributed by atoms with Crippen LogP contribution in [-0.2, 0) is 17.8 Å². The number of halogens is 1. The van der Waals surface area contributed by atoms with E-state index in [9.17, 15) is 9.59 Å². The lowest BCUT2D eigenvalue weighted by Crippen LogP contribution is -2.29. The first-order valence-corrected chi connectivity index (χ1v) is 9.42. The van der Waals surface area contributed by atoms with Gasteiger partial charge in [-0.1, -0.05) is 59.0 Å². The third-order valence-corrected chi connectivity index (χ3v) is 5.53. The normalized spacial score (nSPS) is 18.6. The number of benzene rings is 2. The summed E-state index contributed by atoms with van der Waals surface area (Å²) in [6, 6.07) is 11.8. The van der Waals surface area contributed by atoms with Crippen LogP contribution in [0.5, 0.6) is 5.75 Å². The molecule has 2 heterocycles. The highest BCUT2D eigenvalue weighted by molar-refractivity contribution is 14.1. The number of rotatable bonds is 3. The Morgan fingerprint density at radius 1 is 1.25 bits per heavy atom. The van der Waals surface area contributed by atoms with Gasteiger partial charge >= 0.3 is 0 Å². The number of Topliss-reactive ketones (excluding diaryl/α,β-unsaturated/α-hetero) is 1. The highest BCUT2D eigenvalue weighted by atomic mass is 127. The molecule has 2 aliphatic heterocycles. The molecule has 5 heteroatoms.